The highest BCUT2D eigenvalue weighted by Gasteiger charge is 2.47. The van der Waals surface area contributed by atoms with E-state index in [0.717, 1.165) is 6.42 Å². The number of hydrogen-bond acceptors (Lipinski definition) is 2. The van der Waals surface area contributed by atoms with Crippen LogP contribution in [0.2, 0.25) is 0 Å². The van der Waals surface area contributed by atoms with Gasteiger partial charge in [0.2, 0.25) is 0 Å². The first kappa shape index (κ1) is 6.59. The van der Waals surface area contributed by atoms with E-state index in [9.17, 15) is 4.91 Å². The van der Waals surface area contributed by atoms with E-state index in [1.165, 1.54) is 12.8 Å². The van der Waals surface area contributed by atoms with Gasteiger partial charge in [-0.15, -0.1) is 11.6 Å². The van der Waals surface area contributed by atoms with Crippen molar-refractivity contribution in [3.05, 3.63) is 4.91 Å². The summed E-state index contributed by atoms with van der Waals surface area (Å²) in [7, 11) is 0. The van der Waals surface area contributed by atoms with Gasteiger partial charge in [0.05, 0.1) is 5.38 Å². The first-order valence-electron chi connectivity index (χ1n) is 3.79. The van der Waals surface area contributed by atoms with Crippen molar-refractivity contribution in [3.63, 3.8) is 0 Å². The van der Waals surface area contributed by atoms with Gasteiger partial charge in [-0.25, -0.2) is 0 Å². The molecule has 0 spiro atoms. The number of halogens is 1. The second-order valence-corrected chi connectivity index (χ2v) is 3.88. The summed E-state index contributed by atoms with van der Waals surface area (Å²) in [5, 5.41) is 3.12. The third-order valence-electron chi connectivity index (χ3n) is 2.90. The molecule has 0 aromatic rings. The maximum absolute atomic E-state index is 10.3. The van der Waals surface area contributed by atoms with Crippen LogP contribution in [0.4, 0.5) is 0 Å². The Balaban J connectivity index is 2.16. The second kappa shape index (κ2) is 2.19. The van der Waals surface area contributed by atoms with Gasteiger partial charge in [0.15, 0.2) is 0 Å². The molecule has 4 atom stereocenters. The molecule has 0 radical (unpaired) electrons. The van der Waals surface area contributed by atoms with E-state index in [-0.39, 0.29) is 11.4 Å². The van der Waals surface area contributed by atoms with E-state index in [0.29, 0.717) is 11.8 Å². The van der Waals surface area contributed by atoms with Crippen molar-refractivity contribution < 1.29 is 0 Å². The highest BCUT2D eigenvalue weighted by molar-refractivity contribution is 6.21. The van der Waals surface area contributed by atoms with Crippen LogP contribution in [0.25, 0.3) is 0 Å². The fourth-order valence-electron chi connectivity index (χ4n) is 2.34. The zero-order valence-corrected chi connectivity index (χ0v) is 6.42. The molecule has 2 saturated carbocycles. The lowest BCUT2D eigenvalue weighted by atomic mass is 9.96. The zero-order chi connectivity index (χ0) is 7.14. The molecule has 0 aliphatic heterocycles. The first-order valence-corrected chi connectivity index (χ1v) is 4.23. The number of nitroso groups, excluding NO2 is 1. The summed E-state index contributed by atoms with van der Waals surface area (Å²) in [4.78, 5) is 10.3. The summed E-state index contributed by atoms with van der Waals surface area (Å²) in [5.74, 6) is 1.11. The lowest BCUT2D eigenvalue weighted by Gasteiger charge is -2.19. The lowest BCUT2D eigenvalue weighted by molar-refractivity contribution is 0.424. The Morgan fingerprint density at radius 1 is 1.30 bits per heavy atom. The van der Waals surface area contributed by atoms with Crippen molar-refractivity contribution in [2.45, 2.75) is 30.7 Å². The molecule has 0 aromatic heterocycles. The van der Waals surface area contributed by atoms with E-state index in [1.54, 1.807) is 0 Å². The summed E-state index contributed by atoms with van der Waals surface area (Å²) in [6, 6.07) is -0.0691. The third kappa shape index (κ3) is 0.715. The number of alkyl halides is 1. The van der Waals surface area contributed by atoms with E-state index in [4.69, 9.17) is 11.6 Å². The van der Waals surface area contributed by atoms with Crippen LogP contribution in [0.3, 0.4) is 0 Å². The standard InChI is InChI=1S/C7H10ClNO/c8-6-4-1-2-5(3-4)7(6)9-10/h4-7H,1-3H2/t4-,5-,6+,7-/m0/s1. The van der Waals surface area contributed by atoms with Crippen LogP contribution in [-0.2, 0) is 0 Å². The first-order chi connectivity index (χ1) is 4.83. The monoisotopic (exact) mass is 159 g/mol. The molecule has 2 bridgehead atoms. The molecule has 2 aliphatic rings. The molecule has 2 aliphatic carbocycles. The molecular weight excluding hydrogens is 150 g/mol. The van der Waals surface area contributed by atoms with Crippen LogP contribution in [0.1, 0.15) is 19.3 Å². The van der Waals surface area contributed by atoms with Crippen molar-refractivity contribution in [2.75, 3.05) is 0 Å². The van der Waals surface area contributed by atoms with Gasteiger partial charge >= 0.3 is 0 Å². The minimum atomic E-state index is -0.0691. The Hall–Kier alpha value is -0.110. The van der Waals surface area contributed by atoms with Crippen molar-refractivity contribution in [1.82, 2.24) is 0 Å². The van der Waals surface area contributed by atoms with Crippen LogP contribution < -0.4 is 0 Å². The van der Waals surface area contributed by atoms with Gasteiger partial charge in [0, 0.05) is 0 Å². The minimum absolute atomic E-state index is 0.0521. The van der Waals surface area contributed by atoms with E-state index in [2.05, 4.69) is 5.18 Å². The molecular formula is C7H10ClNO. The lowest BCUT2D eigenvalue weighted by Crippen LogP contribution is -2.25. The Labute approximate surface area is 64.9 Å². The van der Waals surface area contributed by atoms with Gasteiger partial charge in [0.1, 0.15) is 6.04 Å². The maximum Gasteiger partial charge on any atom is 0.111 e. The Morgan fingerprint density at radius 2 is 2.00 bits per heavy atom. The fraction of sp³-hybridized carbons (Fsp3) is 1.00. The Morgan fingerprint density at radius 3 is 2.40 bits per heavy atom. The van der Waals surface area contributed by atoms with Crippen LogP contribution in [0.15, 0.2) is 5.18 Å². The molecule has 2 nitrogen and oxygen atoms in total. The summed E-state index contributed by atoms with van der Waals surface area (Å²) in [5.41, 5.74) is 0. The third-order valence-corrected chi connectivity index (χ3v) is 3.51. The summed E-state index contributed by atoms with van der Waals surface area (Å²) >= 11 is 5.98. The summed E-state index contributed by atoms with van der Waals surface area (Å²) in [6.45, 7) is 0. The highest BCUT2D eigenvalue weighted by atomic mass is 35.5. The summed E-state index contributed by atoms with van der Waals surface area (Å²) in [6.07, 6.45) is 3.53. The molecule has 0 heterocycles. The van der Waals surface area contributed by atoms with Gasteiger partial charge in [-0.3, -0.25) is 0 Å². The van der Waals surface area contributed by atoms with Crippen LogP contribution in [-0.4, -0.2) is 11.4 Å². The fourth-order valence-corrected chi connectivity index (χ4v) is 2.82. The zero-order valence-electron chi connectivity index (χ0n) is 5.66. The van der Waals surface area contributed by atoms with Crippen molar-refractivity contribution >= 4 is 11.6 Å². The van der Waals surface area contributed by atoms with Crippen molar-refractivity contribution in [1.29, 1.82) is 0 Å². The predicted octanol–water partition coefficient (Wildman–Crippen LogP) is 2.16. The molecule has 0 amide bonds. The van der Waals surface area contributed by atoms with E-state index in [1.807, 2.05) is 0 Å². The van der Waals surface area contributed by atoms with Gasteiger partial charge in [0.25, 0.3) is 0 Å². The van der Waals surface area contributed by atoms with Gasteiger partial charge in [-0.1, -0.05) is 5.18 Å². The second-order valence-electron chi connectivity index (χ2n) is 3.37. The SMILES string of the molecule is O=N[C@H]1[C@H]2CC[C@@H](C2)[C@H]1Cl. The smallest absolute Gasteiger partial charge is 0.111 e. The minimum Gasteiger partial charge on any atom is -0.150 e. The molecule has 56 valence electrons. The molecule has 2 rings (SSSR count). The molecule has 3 heteroatoms. The Bertz CT molecular complexity index is 160. The van der Waals surface area contributed by atoms with Crippen LogP contribution in [0.5, 0.6) is 0 Å². The molecule has 0 saturated heterocycles. The predicted molar refractivity (Wildman–Crippen MR) is 40.1 cm³/mol. The van der Waals surface area contributed by atoms with E-state index >= 15 is 0 Å². The molecule has 0 aromatic carbocycles. The quantitative estimate of drug-likeness (QED) is 0.426. The van der Waals surface area contributed by atoms with Gasteiger partial charge in [-0.2, -0.15) is 4.91 Å². The molecule has 0 unspecified atom stereocenters. The average molecular weight is 160 g/mol. The van der Waals surface area contributed by atoms with Gasteiger partial charge < -0.3 is 0 Å². The van der Waals surface area contributed by atoms with E-state index < -0.39 is 0 Å². The van der Waals surface area contributed by atoms with Crippen molar-refractivity contribution in [3.8, 4) is 0 Å². The average Bonchev–Trinajstić information content (AvgIpc) is 2.46. The largest absolute Gasteiger partial charge is 0.150 e. The number of rotatable bonds is 1. The summed E-state index contributed by atoms with van der Waals surface area (Å²) < 4.78 is 0. The molecule has 2 fully saturated rings. The maximum atomic E-state index is 10.3. The van der Waals surface area contributed by atoms with Crippen LogP contribution in [0, 0.1) is 16.7 Å². The van der Waals surface area contributed by atoms with Crippen molar-refractivity contribution in [2.24, 2.45) is 17.0 Å². The highest BCUT2D eigenvalue weighted by Crippen LogP contribution is 2.48. The Kier molecular flexibility index (Phi) is 1.44. The number of hydrogen-bond donors (Lipinski definition) is 0. The number of nitrogens with zero attached hydrogens (tertiary/aromatic N) is 1. The molecule has 0 N–H and O–H groups in total. The topological polar surface area (TPSA) is 29.4 Å². The normalized spacial score (nSPS) is 51.7. The van der Waals surface area contributed by atoms with Crippen LogP contribution >= 0.6 is 11.6 Å². The number of fused-ring (bicyclic) bond motifs is 2. The van der Waals surface area contributed by atoms with Gasteiger partial charge in [-0.05, 0) is 31.1 Å². The molecule has 10 heavy (non-hydrogen) atoms.